The zero-order chi connectivity index (χ0) is 22.9. The van der Waals surface area contributed by atoms with E-state index in [1.54, 1.807) is 31.2 Å². The van der Waals surface area contributed by atoms with Gasteiger partial charge in [0.15, 0.2) is 0 Å². The summed E-state index contributed by atoms with van der Waals surface area (Å²) in [5, 5.41) is 20.9. The van der Waals surface area contributed by atoms with Crippen LogP contribution in [0.3, 0.4) is 0 Å². The van der Waals surface area contributed by atoms with Crippen LogP contribution in [-0.2, 0) is 4.79 Å². The fourth-order valence-electron chi connectivity index (χ4n) is 3.41. The fraction of sp³-hybridized carbons (Fsp3) is 0.136. The summed E-state index contributed by atoms with van der Waals surface area (Å²) in [7, 11) is 0. The number of carboxylic acids is 1. The summed E-state index contributed by atoms with van der Waals surface area (Å²) < 4.78 is 0. The maximum absolute atomic E-state index is 12.0. The van der Waals surface area contributed by atoms with E-state index in [9.17, 15) is 19.5 Å². The van der Waals surface area contributed by atoms with Gasteiger partial charge in [0.25, 0.3) is 5.91 Å². The number of halogens is 1. The Hall–Kier alpha value is -3.78. The Morgan fingerprint density at radius 1 is 1.13 bits per heavy atom. The van der Waals surface area contributed by atoms with E-state index in [0.29, 0.717) is 27.8 Å². The topological polar surface area (TPSA) is 146 Å². The molecule has 1 unspecified atom stereocenters. The predicted octanol–water partition coefficient (Wildman–Crippen LogP) is 4.14. The van der Waals surface area contributed by atoms with Crippen LogP contribution in [-0.4, -0.2) is 33.5 Å². The lowest BCUT2D eigenvalue weighted by Crippen LogP contribution is -2.17. The van der Waals surface area contributed by atoms with Gasteiger partial charge in [-0.05, 0) is 43.7 Å². The molecule has 9 heteroatoms. The van der Waals surface area contributed by atoms with E-state index in [0.717, 1.165) is 0 Å². The number of nitrogens with one attached hydrogen (secondary N) is 2. The van der Waals surface area contributed by atoms with E-state index in [1.807, 2.05) is 0 Å². The second kappa shape index (κ2) is 8.53. The van der Waals surface area contributed by atoms with Crippen molar-refractivity contribution < 1.29 is 19.5 Å². The molecule has 158 valence electrons. The van der Waals surface area contributed by atoms with Gasteiger partial charge in [0.05, 0.1) is 33.3 Å². The Bertz CT molecular complexity index is 1240. The molecule has 1 heterocycles. The standard InChI is InChI=1S/C22H19ClN4O4/c1-10(24)19(11(2)28)12-3-5-14-18(7-12)26-9-16(21(25)29)20(14)27-13-4-6-17(23)15(8-13)22(30)31/h3-9,19,24H,1-2H3,(H2,25,29)(H,26,27)(H,30,31). The van der Waals surface area contributed by atoms with Gasteiger partial charge in [-0.2, -0.15) is 0 Å². The average Bonchev–Trinajstić information content (AvgIpc) is 2.68. The van der Waals surface area contributed by atoms with Crippen molar-refractivity contribution >= 4 is 57.3 Å². The molecule has 0 aliphatic rings. The molecule has 3 rings (SSSR count). The van der Waals surface area contributed by atoms with Gasteiger partial charge in [-0.3, -0.25) is 14.6 Å². The molecule has 31 heavy (non-hydrogen) atoms. The minimum Gasteiger partial charge on any atom is -0.478 e. The second-order valence-electron chi connectivity index (χ2n) is 7.04. The molecule has 0 fully saturated rings. The molecule has 8 nitrogen and oxygen atoms in total. The number of aromatic carboxylic acids is 1. The Balaban J connectivity index is 2.17. The number of amides is 1. The SMILES string of the molecule is CC(=N)C(C(C)=O)c1ccc2c(Nc3ccc(Cl)c(C(=O)O)c3)c(C(N)=O)cnc2c1. The van der Waals surface area contributed by atoms with Crippen LogP contribution >= 0.6 is 11.6 Å². The van der Waals surface area contributed by atoms with Gasteiger partial charge in [-0.25, -0.2) is 4.79 Å². The van der Waals surface area contributed by atoms with Gasteiger partial charge in [-0.1, -0.05) is 23.7 Å². The molecule has 1 atom stereocenters. The molecule has 0 aliphatic heterocycles. The van der Waals surface area contributed by atoms with Gasteiger partial charge in [0.1, 0.15) is 5.78 Å². The monoisotopic (exact) mass is 438 g/mol. The van der Waals surface area contributed by atoms with Crippen LogP contribution in [0.5, 0.6) is 0 Å². The third-order valence-electron chi connectivity index (χ3n) is 4.80. The Morgan fingerprint density at radius 3 is 2.42 bits per heavy atom. The number of carbonyl (C=O) groups is 3. The van der Waals surface area contributed by atoms with E-state index < -0.39 is 17.8 Å². The number of hydrogen-bond acceptors (Lipinski definition) is 6. The number of aromatic nitrogens is 1. The van der Waals surface area contributed by atoms with Crippen molar-refractivity contribution in [3.05, 3.63) is 64.3 Å². The molecule has 0 saturated carbocycles. The second-order valence-corrected chi connectivity index (χ2v) is 7.45. The third kappa shape index (κ3) is 4.39. The highest BCUT2D eigenvalue weighted by atomic mass is 35.5. The van der Waals surface area contributed by atoms with Gasteiger partial charge in [0, 0.05) is 23.0 Å². The summed E-state index contributed by atoms with van der Waals surface area (Å²) in [5.74, 6) is -2.76. The van der Waals surface area contributed by atoms with Crippen LogP contribution in [0.4, 0.5) is 11.4 Å². The van der Waals surface area contributed by atoms with E-state index in [4.69, 9.17) is 22.7 Å². The number of carboxylic acid groups (broad SMARTS) is 1. The van der Waals surface area contributed by atoms with Crippen molar-refractivity contribution in [2.24, 2.45) is 5.73 Å². The van der Waals surface area contributed by atoms with Crippen LogP contribution in [0.15, 0.2) is 42.6 Å². The fourth-order valence-corrected chi connectivity index (χ4v) is 3.61. The van der Waals surface area contributed by atoms with Crippen molar-refractivity contribution in [2.45, 2.75) is 19.8 Å². The van der Waals surface area contributed by atoms with E-state index >= 15 is 0 Å². The maximum atomic E-state index is 12.0. The lowest BCUT2D eigenvalue weighted by molar-refractivity contribution is -0.117. The number of primary amides is 1. The lowest BCUT2D eigenvalue weighted by atomic mass is 9.90. The van der Waals surface area contributed by atoms with E-state index in [2.05, 4.69) is 10.3 Å². The summed E-state index contributed by atoms with van der Waals surface area (Å²) in [5.41, 5.74) is 7.55. The molecule has 0 saturated heterocycles. The lowest BCUT2D eigenvalue weighted by Gasteiger charge is -2.17. The normalized spacial score (nSPS) is 11.7. The largest absolute Gasteiger partial charge is 0.478 e. The Kier molecular flexibility index (Phi) is 6.03. The highest BCUT2D eigenvalue weighted by Crippen LogP contribution is 2.32. The number of carbonyl (C=O) groups excluding carboxylic acids is 2. The molecule has 1 amide bonds. The summed E-state index contributed by atoms with van der Waals surface area (Å²) >= 11 is 5.93. The molecule has 0 bridgehead atoms. The first-order chi connectivity index (χ1) is 14.6. The molecule has 0 aliphatic carbocycles. The molecule has 0 radical (unpaired) electrons. The van der Waals surface area contributed by atoms with Crippen LogP contribution in [0.2, 0.25) is 5.02 Å². The molecule has 1 aromatic heterocycles. The maximum Gasteiger partial charge on any atom is 0.337 e. The van der Waals surface area contributed by atoms with Gasteiger partial charge in [0.2, 0.25) is 0 Å². The quantitative estimate of drug-likeness (QED) is 0.407. The third-order valence-corrected chi connectivity index (χ3v) is 5.13. The number of benzene rings is 2. The van der Waals surface area contributed by atoms with Crippen LogP contribution in [0, 0.1) is 5.41 Å². The highest BCUT2D eigenvalue weighted by Gasteiger charge is 2.21. The number of nitrogens with two attached hydrogens (primary N) is 1. The summed E-state index contributed by atoms with van der Waals surface area (Å²) in [4.78, 5) is 39.7. The minimum absolute atomic E-state index is 0.0784. The van der Waals surface area contributed by atoms with Crippen LogP contribution in [0.1, 0.15) is 46.0 Å². The average molecular weight is 439 g/mol. The number of hydrogen-bond donors (Lipinski definition) is 4. The molecule has 5 N–H and O–H groups in total. The van der Waals surface area contributed by atoms with Gasteiger partial charge < -0.3 is 21.6 Å². The van der Waals surface area contributed by atoms with E-state index in [1.165, 1.54) is 25.3 Å². The van der Waals surface area contributed by atoms with Crippen molar-refractivity contribution in [2.75, 3.05) is 5.32 Å². The number of pyridine rings is 1. The molecular formula is C22H19ClN4O4. The van der Waals surface area contributed by atoms with Crippen LogP contribution < -0.4 is 11.1 Å². The van der Waals surface area contributed by atoms with Crippen molar-refractivity contribution in [1.82, 2.24) is 4.98 Å². The van der Waals surface area contributed by atoms with Crippen molar-refractivity contribution in [1.29, 1.82) is 5.41 Å². The van der Waals surface area contributed by atoms with E-state index in [-0.39, 0.29) is 27.6 Å². The Labute approximate surface area is 182 Å². The number of anilines is 2. The number of Topliss-reactive ketones (excluding diaryl/α,β-unsaturated/α-hetero) is 1. The zero-order valence-electron chi connectivity index (χ0n) is 16.7. The van der Waals surface area contributed by atoms with Crippen LogP contribution in [0.25, 0.3) is 10.9 Å². The summed E-state index contributed by atoms with van der Waals surface area (Å²) in [6.45, 7) is 2.98. The molecule has 3 aromatic rings. The summed E-state index contributed by atoms with van der Waals surface area (Å²) in [6, 6.07) is 9.40. The highest BCUT2D eigenvalue weighted by molar-refractivity contribution is 6.33. The number of fused-ring (bicyclic) bond motifs is 1. The number of nitrogens with zero attached hydrogens (tertiary/aromatic N) is 1. The van der Waals surface area contributed by atoms with Gasteiger partial charge in [-0.15, -0.1) is 0 Å². The first-order valence-electron chi connectivity index (χ1n) is 9.18. The zero-order valence-corrected chi connectivity index (χ0v) is 17.4. The number of ketones is 1. The van der Waals surface area contributed by atoms with Crippen molar-refractivity contribution in [3.8, 4) is 0 Å². The number of rotatable bonds is 7. The first-order valence-corrected chi connectivity index (χ1v) is 9.55. The summed E-state index contributed by atoms with van der Waals surface area (Å²) in [6.07, 6.45) is 1.31. The molecule has 0 spiro atoms. The van der Waals surface area contributed by atoms with Crippen molar-refractivity contribution in [3.63, 3.8) is 0 Å². The predicted molar refractivity (Wildman–Crippen MR) is 119 cm³/mol. The smallest absolute Gasteiger partial charge is 0.337 e. The Morgan fingerprint density at radius 2 is 1.84 bits per heavy atom. The molecular weight excluding hydrogens is 420 g/mol. The molecule has 2 aromatic carbocycles. The first kappa shape index (κ1) is 21.9. The minimum atomic E-state index is -1.19. The van der Waals surface area contributed by atoms with Gasteiger partial charge >= 0.3 is 5.97 Å².